The molecule has 0 saturated carbocycles. The number of ether oxygens (including phenoxy) is 1. The second-order valence-corrected chi connectivity index (χ2v) is 7.66. The van der Waals surface area contributed by atoms with E-state index in [4.69, 9.17) is 4.74 Å². The average Bonchev–Trinajstić information content (AvgIpc) is 2.71. The van der Waals surface area contributed by atoms with E-state index in [1.165, 1.54) is 36.4 Å². The lowest BCUT2D eigenvalue weighted by Gasteiger charge is -2.11. The third-order valence-corrected chi connectivity index (χ3v) is 5.17. The van der Waals surface area contributed by atoms with Crippen LogP contribution in [0, 0.1) is 5.82 Å². The summed E-state index contributed by atoms with van der Waals surface area (Å²) in [7, 11) is 0. The van der Waals surface area contributed by atoms with E-state index in [0.717, 1.165) is 19.7 Å². The molecule has 3 aromatic rings. The van der Waals surface area contributed by atoms with Crippen LogP contribution in [0.5, 0.6) is 5.75 Å². The van der Waals surface area contributed by atoms with Gasteiger partial charge in [-0.05, 0) is 68.7 Å². The highest BCUT2D eigenvalue weighted by Gasteiger charge is 2.09. The number of hydrogen-bond acceptors (Lipinski definition) is 3. The molecule has 3 aromatic carbocycles. The molecule has 0 aliphatic heterocycles. The summed E-state index contributed by atoms with van der Waals surface area (Å²) in [6, 6.07) is 15.1. The van der Waals surface area contributed by atoms with Gasteiger partial charge in [-0.3, -0.25) is 20.4 Å². The highest BCUT2D eigenvalue weighted by molar-refractivity contribution is 9.11. The average molecular weight is 522 g/mol. The summed E-state index contributed by atoms with van der Waals surface area (Å²) in [5.74, 6) is -0.890. The molecule has 0 bridgehead atoms. The molecule has 0 fully saturated rings. The van der Waals surface area contributed by atoms with Gasteiger partial charge in [0.1, 0.15) is 11.6 Å². The fraction of sp³-hybridized carbons (Fsp3) is 0.0476. The van der Waals surface area contributed by atoms with E-state index < -0.39 is 11.8 Å². The molecule has 0 aliphatic rings. The molecule has 0 heterocycles. The number of halogens is 3. The van der Waals surface area contributed by atoms with Gasteiger partial charge in [0.05, 0.1) is 4.47 Å². The van der Waals surface area contributed by atoms with Crippen LogP contribution in [0.3, 0.4) is 0 Å². The number of carbonyl (C=O) groups excluding carboxylic acids is 2. The van der Waals surface area contributed by atoms with Gasteiger partial charge in [-0.15, -0.1) is 0 Å². The molecule has 3 rings (SSSR count). The maximum atomic E-state index is 12.8. The topological polar surface area (TPSA) is 67.4 Å². The Kier molecular flexibility index (Phi) is 7.00. The van der Waals surface area contributed by atoms with Crippen molar-refractivity contribution in [3.05, 3.63) is 81.0 Å². The summed E-state index contributed by atoms with van der Waals surface area (Å²) in [5.41, 5.74) is 5.18. The molecular formula is C21H15Br2FN2O3. The van der Waals surface area contributed by atoms with E-state index in [1.807, 2.05) is 24.3 Å². The zero-order chi connectivity index (χ0) is 20.8. The van der Waals surface area contributed by atoms with Crippen LogP contribution >= 0.6 is 31.9 Å². The summed E-state index contributed by atoms with van der Waals surface area (Å²) < 4.78 is 20.1. The van der Waals surface area contributed by atoms with E-state index in [2.05, 4.69) is 42.7 Å². The van der Waals surface area contributed by atoms with Crippen LogP contribution < -0.4 is 15.6 Å². The molecule has 0 atom stereocenters. The Hall–Kier alpha value is -2.71. The number of hydrazine groups is 1. The minimum Gasteiger partial charge on any atom is -0.483 e. The molecule has 0 aliphatic carbocycles. The van der Waals surface area contributed by atoms with Gasteiger partial charge in [-0.25, -0.2) is 4.39 Å². The molecular weight excluding hydrogens is 507 g/mol. The second-order valence-electron chi connectivity index (χ2n) is 5.95. The van der Waals surface area contributed by atoms with Crippen LogP contribution in [-0.4, -0.2) is 18.4 Å². The first-order valence-corrected chi connectivity index (χ1v) is 10.0. The summed E-state index contributed by atoms with van der Waals surface area (Å²) in [6.45, 7) is -0.275. The maximum Gasteiger partial charge on any atom is 0.276 e. The molecule has 0 aromatic heterocycles. The Balaban J connectivity index is 1.50. The van der Waals surface area contributed by atoms with Gasteiger partial charge in [-0.2, -0.15) is 0 Å². The number of hydrogen-bond donors (Lipinski definition) is 2. The highest BCUT2D eigenvalue weighted by atomic mass is 79.9. The number of amides is 2. The standard InChI is InChI=1S/C21H15Br2FN2O3/c22-15-5-8-17-14(11-15)4-9-18(21(17)23)29-12-20(28)26-25-19(27)10-3-13-1-6-16(24)7-2-13/h1-11H,12H2,(H,25,27)(H,26,28)/b10-3+. The van der Waals surface area contributed by atoms with E-state index in [1.54, 1.807) is 6.07 Å². The van der Waals surface area contributed by atoms with Gasteiger partial charge in [0, 0.05) is 10.5 Å². The summed E-state index contributed by atoms with van der Waals surface area (Å²) in [4.78, 5) is 23.7. The monoisotopic (exact) mass is 520 g/mol. The third-order valence-electron chi connectivity index (χ3n) is 3.86. The minimum absolute atomic E-state index is 0.275. The van der Waals surface area contributed by atoms with E-state index in [9.17, 15) is 14.0 Å². The molecule has 5 nitrogen and oxygen atoms in total. The highest BCUT2D eigenvalue weighted by Crippen LogP contribution is 2.34. The molecule has 0 radical (unpaired) electrons. The van der Waals surface area contributed by atoms with Crippen molar-refractivity contribution in [3.8, 4) is 5.75 Å². The summed E-state index contributed by atoms with van der Waals surface area (Å²) in [6.07, 6.45) is 2.73. The van der Waals surface area contributed by atoms with Crippen molar-refractivity contribution in [1.29, 1.82) is 0 Å². The first-order chi connectivity index (χ1) is 13.9. The van der Waals surface area contributed by atoms with Crippen molar-refractivity contribution in [2.24, 2.45) is 0 Å². The van der Waals surface area contributed by atoms with E-state index in [0.29, 0.717) is 11.3 Å². The van der Waals surface area contributed by atoms with Gasteiger partial charge in [0.25, 0.3) is 11.8 Å². The number of benzene rings is 3. The number of nitrogens with one attached hydrogen (secondary N) is 2. The van der Waals surface area contributed by atoms with Crippen molar-refractivity contribution in [3.63, 3.8) is 0 Å². The van der Waals surface area contributed by atoms with Crippen molar-refractivity contribution >= 4 is 60.5 Å². The summed E-state index contributed by atoms with van der Waals surface area (Å²) in [5, 5.41) is 1.97. The number of fused-ring (bicyclic) bond motifs is 1. The lowest BCUT2D eigenvalue weighted by molar-refractivity contribution is -0.128. The lowest BCUT2D eigenvalue weighted by Crippen LogP contribution is -2.43. The van der Waals surface area contributed by atoms with E-state index in [-0.39, 0.29) is 12.4 Å². The molecule has 2 amide bonds. The van der Waals surface area contributed by atoms with Crippen molar-refractivity contribution in [2.45, 2.75) is 0 Å². The second kappa shape index (κ2) is 9.67. The molecule has 2 N–H and O–H groups in total. The third kappa shape index (κ3) is 5.88. The van der Waals surface area contributed by atoms with Gasteiger partial charge in [0.2, 0.25) is 0 Å². The van der Waals surface area contributed by atoms with Gasteiger partial charge in [-0.1, -0.05) is 40.2 Å². The van der Waals surface area contributed by atoms with E-state index >= 15 is 0 Å². The predicted molar refractivity (Wildman–Crippen MR) is 117 cm³/mol. The molecule has 0 unspecified atom stereocenters. The SMILES string of the molecule is O=C(/C=C/c1ccc(F)cc1)NNC(=O)COc1ccc2cc(Br)ccc2c1Br. The number of carbonyl (C=O) groups is 2. The van der Waals surface area contributed by atoms with Crippen LogP contribution in [0.25, 0.3) is 16.8 Å². The fourth-order valence-corrected chi connectivity index (χ4v) is 3.44. The van der Waals surface area contributed by atoms with Crippen molar-refractivity contribution in [1.82, 2.24) is 10.9 Å². The molecule has 0 spiro atoms. The largest absolute Gasteiger partial charge is 0.483 e. The van der Waals surface area contributed by atoms with Crippen LogP contribution in [0.4, 0.5) is 4.39 Å². The van der Waals surface area contributed by atoms with Crippen molar-refractivity contribution in [2.75, 3.05) is 6.61 Å². The Labute approximate surface area is 183 Å². The van der Waals surface area contributed by atoms with Gasteiger partial charge < -0.3 is 4.74 Å². The van der Waals surface area contributed by atoms with Gasteiger partial charge >= 0.3 is 0 Å². The minimum atomic E-state index is -0.528. The normalized spacial score (nSPS) is 10.9. The van der Waals surface area contributed by atoms with Crippen molar-refractivity contribution < 1.29 is 18.7 Å². The van der Waals surface area contributed by atoms with Crippen LogP contribution in [-0.2, 0) is 9.59 Å². The Morgan fingerprint density at radius 1 is 1.00 bits per heavy atom. The fourth-order valence-electron chi connectivity index (χ4n) is 2.45. The first-order valence-electron chi connectivity index (χ1n) is 8.45. The van der Waals surface area contributed by atoms with Crippen LogP contribution in [0.2, 0.25) is 0 Å². The maximum absolute atomic E-state index is 12.8. The molecule has 0 saturated heterocycles. The predicted octanol–water partition coefficient (Wildman–Crippen LogP) is 4.74. The van der Waals surface area contributed by atoms with Crippen LogP contribution in [0.1, 0.15) is 5.56 Å². The Bertz CT molecular complexity index is 1090. The lowest BCUT2D eigenvalue weighted by atomic mass is 10.1. The Morgan fingerprint density at radius 2 is 1.76 bits per heavy atom. The van der Waals surface area contributed by atoms with Crippen LogP contribution in [0.15, 0.2) is 69.6 Å². The first kappa shape index (κ1) is 21.0. The quantitative estimate of drug-likeness (QED) is 0.376. The number of rotatable bonds is 5. The zero-order valence-corrected chi connectivity index (χ0v) is 18.1. The molecule has 148 valence electrons. The Morgan fingerprint density at radius 3 is 2.52 bits per heavy atom. The van der Waals surface area contributed by atoms with Gasteiger partial charge in [0.15, 0.2) is 6.61 Å². The summed E-state index contributed by atoms with van der Waals surface area (Å²) >= 11 is 6.92. The smallest absolute Gasteiger partial charge is 0.276 e. The molecule has 29 heavy (non-hydrogen) atoms. The zero-order valence-electron chi connectivity index (χ0n) is 14.9. The molecule has 8 heteroatoms.